The smallest absolute Gasteiger partial charge is 0.253 e. The Kier molecular flexibility index (Phi) is 3.66. The number of aromatic nitrogens is 2. The van der Waals surface area contributed by atoms with Gasteiger partial charge in [-0.25, -0.2) is 4.98 Å². The average molecular weight is 240 g/mol. The normalized spacial score (nSPS) is 19.6. The zero-order valence-electron chi connectivity index (χ0n) is 9.13. The van der Waals surface area contributed by atoms with Crippen molar-refractivity contribution >= 4 is 12.6 Å². The third-order valence-corrected chi connectivity index (χ3v) is 3.86. The van der Waals surface area contributed by atoms with Gasteiger partial charge in [-0.05, 0) is 18.6 Å². The molecule has 88 valence electrons. The maximum atomic E-state index is 11.6. The molecule has 0 aliphatic carbocycles. The number of ether oxygens (including phenoxy) is 1. The molecule has 1 aromatic rings. The number of hydrogen-bond donors (Lipinski definition) is 1. The molecular weight excluding hydrogens is 224 g/mol. The molecule has 0 bridgehead atoms. The van der Waals surface area contributed by atoms with E-state index in [9.17, 15) is 4.79 Å². The second-order valence-corrected chi connectivity index (χ2v) is 4.63. The molecule has 0 unspecified atom stereocenters. The highest BCUT2D eigenvalue weighted by molar-refractivity contribution is 7.80. The van der Waals surface area contributed by atoms with Crippen LogP contribution in [0.5, 0.6) is 0 Å². The van der Waals surface area contributed by atoms with Crippen LogP contribution in [0.4, 0.5) is 0 Å². The van der Waals surface area contributed by atoms with E-state index in [4.69, 9.17) is 4.74 Å². The van der Waals surface area contributed by atoms with Crippen LogP contribution in [0.1, 0.15) is 12.8 Å². The van der Waals surface area contributed by atoms with Crippen molar-refractivity contribution in [1.29, 1.82) is 0 Å². The van der Waals surface area contributed by atoms with E-state index in [0.29, 0.717) is 6.54 Å². The number of thiol groups is 1. The van der Waals surface area contributed by atoms with E-state index in [-0.39, 0.29) is 11.0 Å². The lowest BCUT2D eigenvalue weighted by Gasteiger charge is -2.36. The van der Waals surface area contributed by atoms with Gasteiger partial charge in [0.1, 0.15) is 0 Å². The summed E-state index contributed by atoms with van der Waals surface area (Å²) in [6.45, 7) is 2.21. The van der Waals surface area contributed by atoms with Gasteiger partial charge in [0.2, 0.25) is 0 Å². The van der Waals surface area contributed by atoms with E-state index in [1.807, 2.05) is 0 Å². The first-order chi connectivity index (χ1) is 7.76. The first kappa shape index (κ1) is 11.7. The van der Waals surface area contributed by atoms with Gasteiger partial charge in [-0.15, -0.1) is 0 Å². The van der Waals surface area contributed by atoms with E-state index in [0.717, 1.165) is 31.8 Å². The van der Waals surface area contributed by atoms with E-state index in [2.05, 4.69) is 17.6 Å². The van der Waals surface area contributed by atoms with Crippen LogP contribution in [0.3, 0.4) is 0 Å². The summed E-state index contributed by atoms with van der Waals surface area (Å²) in [4.78, 5) is 15.6. The van der Waals surface area contributed by atoms with E-state index in [1.165, 1.54) is 12.3 Å². The highest BCUT2D eigenvalue weighted by atomic mass is 32.1. The molecule has 1 aliphatic heterocycles. The lowest BCUT2D eigenvalue weighted by Crippen LogP contribution is -2.38. The van der Waals surface area contributed by atoms with Gasteiger partial charge in [0.25, 0.3) is 5.56 Å². The predicted octanol–water partition coefficient (Wildman–Crippen LogP) is 0.970. The van der Waals surface area contributed by atoms with Crippen molar-refractivity contribution in [1.82, 2.24) is 9.55 Å². The van der Waals surface area contributed by atoms with Crippen LogP contribution >= 0.6 is 12.6 Å². The van der Waals surface area contributed by atoms with Crippen molar-refractivity contribution in [2.45, 2.75) is 19.4 Å². The fourth-order valence-corrected chi connectivity index (χ4v) is 2.45. The fraction of sp³-hybridized carbons (Fsp3) is 0.636. The molecule has 1 aliphatic rings. The molecule has 0 saturated carbocycles. The largest absolute Gasteiger partial charge is 0.381 e. The summed E-state index contributed by atoms with van der Waals surface area (Å²) in [6, 6.07) is 1.49. The highest BCUT2D eigenvalue weighted by Crippen LogP contribution is 2.33. The molecule has 1 aromatic heterocycles. The maximum absolute atomic E-state index is 11.6. The summed E-state index contributed by atoms with van der Waals surface area (Å²) >= 11 is 4.42. The Bertz CT molecular complexity index is 399. The summed E-state index contributed by atoms with van der Waals surface area (Å²) in [5.41, 5.74) is 0.0801. The van der Waals surface area contributed by atoms with Crippen LogP contribution in [-0.4, -0.2) is 28.5 Å². The Balaban J connectivity index is 2.18. The van der Waals surface area contributed by atoms with Crippen molar-refractivity contribution in [3.05, 3.63) is 28.9 Å². The molecule has 16 heavy (non-hydrogen) atoms. The summed E-state index contributed by atoms with van der Waals surface area (Å²) in [5.74, 6) is 0.775. The first-order valence-corrected chi connectivity index (χ1v) is 6.08. The van der Waals surface area contributed by atoms with Crippen LogP contribution in [0.2, 0.25) is 0 Å². The van der Waals surface area contributed by atoms with Gasteiger partial charge >= 0.3 is 0 Å². The van der Waals surface area contributed by atoms with Crippen LogP contribution < -0.4 is 5.56 Å². The van der Waals surface area contributed by atoms with Crippen LogP contribution in [0, 0.1) is 5.41 Å². The predicted molar refractivity (Wildman–Crippen MR) is 64.8 cm³/mol. The molecule has 0 aromatic carbocycles. The Morgan fingerprint density at radius 2 is 2.25 bits per heavy atom. The zero-order chi connectivity index (χ0) is 11.4. The molecule has 1 fully saturated rings. The second kappa shape index (κ2) is 5.01. The second-order valence-electron chi connectivity index (χ2n) is 4.32. The monoisotopic (exact) mass is 240 g/mol. The molecule has 2 rings (SSSR count). The van der Waals surface area contributed by atoms with Crippen LogP contribution in [-0.2, 0) is 11.3 Å². The molecule has 0 radical (unpaired) electrons. The number of hydrogen-bond acceptors (Lipinski definition) is 4. The van der Waals surface area contributed by atoms with Crippen molar-refractivity contribution in [3.63, 3.8) is 0 Å². The van der Waals surface area contributed by atoms with Crippen molar-refractivity contribution < 1.29 is 4.74 Å². The van der Waals surface area contributed by atoms with E-state index in [1.54, 1.807) is 10.9 Å². The van der Waals surface area contributed by atoms with Crippen molar-refractivity contribution in [2.24, 2.45) is 5.41 Å². The van der Waals surface area contributed by atoms with Gasteiger partial charge in [-0.2, -0.15) is 12.6 Å². The summed E-state index contributed by atoms with van der Waals surface area (Å²) < 4.78 is 7.03. The van der Waals surface area contributed by atoms with Gasteiger partial charge in [0, 0.05) is 37.4 Å². The highest BCUT2D eigenvalue weighted by Gasteiger charge is 2.31. The van der Waals surface area contributed by atoms with Crippen molar-refractivity contribution in [3.8, 4) is 0 Å². The van der Waals surface area contributed by atoms with Gasteiger partial charge in [0.15, 0.2) is 0 Å². The third kappa shape index (κ3) is 2.47. The average Bonchev–Trinajstić information content (AvgIpc) is 2.33. The standard InChI is InChI=1S/C11H16N2O2S/c14-10-1-4-12-9-13(10)7-11(8-16)2-5-15-6-3-11/h1,4,9,16H,2-3,5-8H2. The van der Waals surface area contributed by atoms with Crippen LogP contribution in [0.25, 0.3) is 0 Å². The molecule has 0 amide bonds. The molecule has 1 saturated heterocycles. The summed E-state index contributed by atoms with van der Waals surface area (Å²) in [7, 11) is 0. The van der Waals surface area contributed by atoms with Crippen molar-refractivity contribution in [2.75, 3.05) is 19.0 Å². The van der Waals surface area contributed by atoms with Gasteiger partial charge in [0.05, 0.1) is 6.33 Å². The van der Waals surface area contributed by atoms with Gasteiger partial charge in [-0.1, -0.05) is 0 Å². The molecule has 0 atom stereocenters. The molecule has 0 N–H and O–H groups in total. The molecule has 4 nitrogen and oxygen atoms in total. The Morgan fingerprint density at radius 1 is 1.50 bits per heavy atom. The Labute approximate surface area is 100 Å². The van der Waals surface area contributed by atoms with Crippen LogP contribution in [0.15, 0.2) is 23.4 Å². The zero-order valence-corrected chi connectivity index (χ0v) is 10.0. The van der Waals surface area contributed by atoms with Gasteiger partial charge in [-0.3, -0.25) is 9.36 Å². The Hall–Kier alpha value is -0.810. The minimum atomic E-state index is 0.00245. The SMILES string of the molecule is O=c1ccncn1CC1(CS)CCOCC1. The topological polar surface area (TPSA) is 44.1 Å². The Morgan fingerprint density at radius 3 is 2.88 bits per heavy atom. The quantitative estimate of drug-likeness (QED) is 0.801. The summed E-state index contributed by atoms with van der Waals surface area (Å²) in [6.07, 6.45) is 5.04. The lowest BCUT2D eigenvalue weighted by molar-refractivity contribution is 0.0176. The molecule has 5 heteroatoms. The summed E-state index contributed by atoms with van der Waals surface area (Å²) in [5, 5.41) is 0. The molecular formula is C11H16N2O2S. The first-order valence-electron chi connectivity index (χ1n) is 5.45. The lowest BCUT2D eigenvalue weighted by atomic mass is 9.82. The molecule has 2 heterocycles. The minimum absolute atomic E-state index is 0.00245. The van der Waals surface area contributed by atoms with E-state index < -0.39 is 0 Å². The minimum Gasteiger partial charge on any atom is -0.381 e. The number of nitrogens with zero attached hydrogens (tertiary/aromatic N) is 2. The number of rotatable bonds is 3. The fourth-order valence-electron chi connectivity index (χ4n) is 2.03. The maximum Gasteiger partial charge on any atom is 0.253 e. The molecule has 0 spiro atoms. The van der Waals surface area contributed by atoms with Gasteiger partial charge < -0.3 is 4.74 Å². The van der Waals surface area contributed by atoms with E-state index >= 15 is 0 Å². The third-order valence-electron chi connectivity index (χ3n) is 3.19.